The fraction of sp³-hybridized carbons (Fsp3) is 0.467. The number of aliphatic hydroxyl groups excluding tert-OH is 1. The van der Waals surface area contributed by atoms with Gasteiger partial charge in [-0.05, 0) is 47.4 Å². The van der Waals surface area contributed by atoms with E-state index < -0.39 is 0 Å². The Hall–Kier alpha value is -0.510. The summed E-state index contributed by atoms with van der Waals surface area (Å²) in [6, 6.07) is 2.28. The van der Waals surface area contributed by atoms with Gasteiger partial charge in [-0.1, -0.05) is 13.0 Å². The summed E-state index contributed by atoms with van der Waals surface area (Å²) in [4.78, 5) is 3.01. The molecular weight excluding hydrogens is 260 g/mol. The van der Waals surface area contributed by atoms with E-state index in [-0.39, 0.29) is 11.5 Å². The highest BCUT2D eigenvalue weighted by Gasteiger charge is 2.45. The van der Waals surface area contributed by atoms with Crippen molar-refractivity contribution in [2.45, 2.75) is 38.0 Å². The molecule has 0 aromatic carbocycles. The van der Waals surface area contributed by atoms with Crippen molar-refractivity contribution in [3.63, 3.8) is 0 Å². The SMILES string of the molecule is C[C@@]12CCC3=C(SCc4sccc43)C1=CC[C@H]2O. The lowest BCUT2D eigenvalue weighted by atomic mass is 9.71. The summed E-state index contributed by atoms with van der Waals surface area (Å²) in [6.07, 6.45) is 5.15. The standard InChI is InChI=1S/C15H16OS2/c1-15-6-4-10-9-5-7-17-12(9)8-18-14(10)11(15)2-3-13(15)16/h2,5,7,13,16H,3-4,6,8H2,1H3/t13-,15-/m1/s1. The maximum Gasteiger partial charge on any atom is 0.0669 e. The number of rotatable bonds is 0. The lowest BCUT2D eigenvalue weighted by Crippen LogP contribution is -2.32. The van der Waals surface area contributed by atoms with Gasteiger partial charge in [-0.2, -0.15) is 0 Å². The minimum absolute atomic E-state index is 0.0133. The summed E-state index contributed by atoms with van der Waals surface area (Å²) in [5, 5.41) is 12.5. The highest BCUT2D eigenvalue weighted by molar-refractivity contribution is 8.03. The van der Waals surface area contributed by atoms with Crippen LogP contribution in [0.3, 0.4) is 0 Å². The molecule has 0 radical (unpaired) electrons. The third-order valence-electron chi connectivity index (χ3n) is 4.73. The monoisotopic (exact) mass is 276 g/mol. The zero-order valence-corrected chi connectivity index (χ0v) is 12.0. The van der Waals surface area contributed by atoms with Crippen LogP contribution in [-0.4, -0.2) is 11.2 Å². The Balaban J connectivity index is 1.88. The lowest BCUT2D eigenvalue weighted by Gasteiger charge is -2.39. The molecule has 0 unspecified atom stereocenters. The van der Waals surface area contributed by atoms with Gasteiger partial charge < -0.3 is 5.11 Å². The number of thioether (sulfide) groups is 1. The highest BCUT2D eigenvalue weighted by Crippen LogP contribution is 2.58. The molecule has 1 nitrogen and oxygen atoms in total. The molecule has 0 saturated carbocycles. The Kier molecular flexibility index (Phi) is 2.36. The Morgan fingerprint density at radius 1 is 1.44 bits per heavy atom. The van der Waals surface area contributed by atoms with Crippen LogP contribution in [0.5, 0.6) is 0 Å². The molecule has 0 fully saturated rings. The van der Waals surface area contributed by atoms with Crippen LogP contribution in [0.1, 0.15) is 36.6 Å². The number of thiophene rings is 1. The Labute approximate surface area is 116 Å². The summed E-state index contributed by atoms with van der Waals surface area (Å²) in [5.74, 6) is 1.11. The van der Waals surface area contributed by atoms with Gasteiger partial charge in [0.2, 0.25) is 0 Å². The van der Waals surface area contributed by atoms with Crippen LogP contribution >= 0.6 is 23.1 Å². The smallest absolute Gasteiger partial charge is 0.0669 e. The van der Waals surface area contributed by atoms with Gasteiger partial charge >= 0.3 is 0 Å². The van der Waals surface area contributed by atoms with Crippen LogP contribution in [0.15, 0.2) is 28.0 Å². The van der Waals surface area contributed by atoms with E-state index in [1.54, 1.807) is 5.57 Å². The largest absolute Gasteiger partial charge is 0.392 e. The predicted molar refractivity (Wildman–Crippen MR) is 78.6 cm³/mol. The summed E-state index contributed by atoms with van der Waals surface area (Å²) in [7, 11) is 0. The van der Waals surface area contributed by atoms with Crippen molar-refractivity contribution < 1.29 is 5.11 Å². The zero-order valence-electron chi connectivity index (χ0n) is 10.4. The molecule has 1 aliphatic heterocycles. The molecule has 1 aromatic rings. The van der Waals surface area contributed by atoms with Gasteiger partial charge in [-0.3, -0.25) is 0 Å². The maximum absolute atomic E-state index is 10.2. The average molecular weight is 276 g/mol. The third kappa shape index (κ3) is 1.33. The fourth-order valence-electron chi connectivity index (χ4n) is 3.50. The van der Waals surface area contributed by atoms with Crippen LogP contribution in [0, 0.1) is 5.41 Å². The molecule has 2 atom stereocenters. The minimum atomic E-state index is -0.175. The van der Waals surface area contributed by atoms with Gasteiger partial charge in [-0.15, -0.1) is 23.1 Å². The Morgan fingerprint density at radius 2 is 2.33 bits per heavy atom. The zero-order chi connectivity index (χ0) is 12.3. The Morgan fingerprint density at radius 3 is 3.22 bits per heavy atom. The van der Waals surface area contributed by atoms with Crippen LogP contribution in [0.2, 0.25) is 0 Å². The van der Waals surface area contributed by atoms with E-state index >= 15 is 0 Å². The first-order valence-corrected chi connectivity index (χ1v) is 8.38. The third-order valence-corrected chi connectivity index (χ3v) is 7.02. The van der Waals surface area contributed by atoms with E-state index in [9.17, 15) is 5.11 Å². The minimum Gasteiger partial charge on any atom is -0.392 e. The van der Waals surface area contributed by atoms with E-state index in [4.69, 9.17) is 0 Å². The molecule has 3 heteroatoms. The summed E-state index contributed by atoms with van der Waals surface area (Å²) in [6.45, 7) is 2.24. The van der Waals surface area contributed by atoms with Gasteiger partial charge in [0.1, 0.15) is 0 Å². The average Bonchev–Trinajstić information content (AvgIpc) is 2.94. The summed E-state index contributed by atoms with van der Waals surface area (Å²) in [5.41, 5.74) is 4.47. The molecule has 0 saturated heterocycles. The molecule has 1 N–H and O–H groups in total. The fourth-order valence-corrected chi connectivity index (χ4v) is 5.92. The van der Waals surface area contributed by atoms with Crippen molar-refractivity contribution in [3.05, 3.63) is 38.4 Å². The van der Waals surface area contributed by atoms with Gasteiger partial charge in [0.15, 0.2) is 0 Å². The number of aliphatic hydroxyl groups is 1. The second-order valence-corrected chi connectivity index (χ2v) is 7.63. The molecule has 2 heterocycles. The van der Waals surface area contributed by atoms with E-state index in [1.807, 2.05) is 23.1 Å². The molecule has 1 aromatic heterocycles. The number of hydrogen-bond donors (Lipinski definition) is 1. The van der Waals surface area contributed by atoms with Crippen molar-refractivity contribution in [1.82, 2.24) is 0 Å². The topological polar surface area (TPSA) is 20.2 Å². The number of hydrogen-bond acceptors (Lipinski definition) is 3. The number of allylic oxidation sites excluding steroid dienone is 2. The van der Waals surface area contributed by atoms with Crippen LogP contribution in [0.25, 0.3) is 5.57 Å². The van der Waals surface area contributed by atoms with Crippen molar-refractivity contribution >= 4 is 28.7 Å². The quantitative estimate of drug-likeness (QED) is 0.766. The molecule has 0 amide bonds. The molecule has 4 rings (SSSR count). The predicted octanol–water partition coefficient (Wildman–Crippen LogP) is 4.20. The molecule has 94 valence electrons. The summed E-state index contributed by atoms with van der Waals surface area (Å²) >= 11 is 3.86. The van der Waals surface area contributed by atoms with Crippen molar-refractivity contribution in [2.75, 3.05) is 0 Å². The molecular formula is C15H16OS2. The van der Waals surface area contributed by atoms with Crippen LogP contribution in [-0.2, 0) is 5.75 Å². The van der Waals surface area contributed by atoms with Gasteiger partial charge in [0.05, 0.1) is 6.10 Å². The molecule has 18 heavy (non-hydrogen) atoms. The van der Waals surface area contributed by atoms with Crippen molar-refractivity contribution in [3.8, 4) is 0 Å². The summed E-state index contributed by atoms with van der Waals surface area (Å²) < 4.78 is 0. The maximum atomic E-state index is 10.2. The first kappa shape index (κ1) is 11.3. The van der Waals surface area contributed by atoms with E-state index in [0.29, 0.717) is 0 Å². The van der Waals surface area contributed by atoms with Crippen molar-refractivity contribution in [1.29, 1.82) is 0 Å². The lowest BCUT2D eigenvalue weighted by molar-refractivity contribution is 0.0739. The van der Waals surface area contributed by atoms with Gasteiger partial charge in [0, 0.05) is 21.0 Å². The second-order valence-electron chi connectivity index (χ2n) is 5.64. The van der Waals surface area contributed by atoms with E-state index in [2.05, 4.69) is 24.4 Å². The molecule has 0 bridgehead atoms. The highest BCUT2D eigenvalue weighted by atomic mass is 32.2. The van der Waals surface area contributed by atoms with Crippen LogP contribution in [0.4, 0.5) is 0 Å². The van der Waals surface area contributed by atoms with Crippen molar-refractivity contribution in [2.24, 2.45) is 5.41 Å². The second kappa shape index (κ2) is 3.75. The Bertz CT molecular complexity index is 581. The molecule has 2 aliphatic carbocycles. The van der Waals surface area contributed by atoms with E-state index in [1.165, 1.54) is 20.9 Å². The van der Waals surface area contributed by atoms with Gasteiger partial charge in [-0.25, -0.2) is 0 Å². The first-order valence-electron chi connectivity index (χ1n) is 6.52. The van der Waals surface area contributed by atoms with Crippen LogP contribution < -0.4 is 0 Å². The first-order chi connectivity index (χ1) is 8.70. The normalized spacial score (nSPS) is 33.9. The van der Waals surface area contributed by atoms with Gasteiger partial charge in [0.25, 0.3) is 0 Å². The molecule has 0 spiro atoms. The number of fused-ring (bicyclic) bond motifs is 4. The van der Waals surface area contributed by atoms with E-state index in [0.717, 1.165) is 25.0 Å². The molecule has 3 aliphatic rings.